The summed E-state index contributed by atoms with van der Waals surface area (Å²) in [6.07, 6.45) is 1.69. The maximum absolute atomic E-state index is 6.26. The van der Waals surface area contributed by atoms with Crippen molar-refractivity contribution in [1.29, 1.82) is 0 Å². The molecule has 32 heavy (non-hydrogen) atoms. The number of nitrogens with one attached hydrogen (secondary N) is 2. The Bertz CT molecular complexity index is 1090. The summed E-state index contributed by atoms with van der Waals surface area (Å²) in [5.74, 6) is 2.05. The quantitative estimate of drug-likeness (QED) is 0.411. The first-order valence-electron chi connectivity index (χ1n) is 10.2. The molecule has 0 radical (unpaired) electrons. The SMILES string of the molecule is COc1ccc(/C=N/Nc2nc(Nc3ccc(C)c(Cl)c3)nc(N3CCOCC3)n2)cc1. The van der Waals surface area contributed by atoms with E-state index < -0.39 is 0 Å². The minimum atomic E-state index is 0.326. The van der Waals surface area contributed by atoms with Crippen LogP contribution in [0, 0.1) is 6.92 Å². The zero-order chi connectivity index (χ0) is 22.3. The minimum Gasteiger partial charge on any atom is -0.497 e. The highest BCUT2D eigenvalue weighted by Crippen LogP contribution is 2.23. The second kappa shape index (κ2) is 10.3. The van der Waals surface area contributed by atoms with Crippen LogP contribution in [0.2, 0.25) is 5.02 Å². The normalized spacial score (nSPS) is 13.9. The summed E-state index contributed by atoms with van der Waals surface area (Å²) in [4.78, 5) is 15.6. The third kappa shape index (κ3) is 5.63. The lowest BCUT2D eigenvalue weighted by atomic mass is 10.2. The number of aromatic nitrogens is 3. The largest absolute Gasteiger partial charge is 0.497 e. The zero-order valence-electron chi connectivity index (χ0n) is 17.9. The third-order valence-corrected chi connectivity index (χ3v) is 5.25. The molecule has 0 unspecified atom stereocenters. The summed E-state index contributed by atoms with van der Waals surface area (Å²) in [7, 11) is 1.63. The lowest BCUT2D eigenvalue weighted by Gasteiger charge is -2.27. The van der Waals surface area contributed by atoms with Crippen LogP contribution in [0.25, 0.3) is 0 Å². The van der Waals surface area contributed by atoms with Gasteiger partial charge < -0.3 is 19.7 Å². The van der Waals surface area contributed by atoms with Crippen LogP contribution in [0.5, 0.6) is 5.75 Å². The van der Waals surface area contributed by atoms with Crippen molar-refractivity contribution in [2.75, 3.05) is 49.1 Å². The van der Waals surface area contributed by atoms with E-state index in [9.17, 15) is 0 Å². The number of methoxy groups -OCH3 is 1. The van der Waals surface area contributed by atoms with Gasteiger partial charge in [-0.25, -0.2) is 5.43 Å². The van der Waals surface area contributed by atoms with E-state index in [1.54, 1.807) is 13.3 Å². The number of hydrogen-bond donors (Lipinski definition) is 2. The van der Waals surface area contributed by atoms with Gasteiger partial charge in [0.2, 0.25) is 17.8 Å². The molecule has 1 aliphatic heterocycles. The van der Waals surface area contributed by atoms with Crippen LogP contribution in [0.1, 0.15) is 11.1 Å². The van der Waals surface area contributed by atoms with Crippen molar-refractivity contribution >= 4 is 41.3 Å². The van der Waals surface area contributed by atoms with Gasteiger partial charge in [-0.2, -0.15) is 20.1 Å². The number of rotatable bonds is 7. The number of anilines is 4. The van der Waals surface area contributed by atoms with Crippen LogP contribution in [-0.2, 0) is 4.74 Å². The molecule has 0 atom stereocenters. The lowest BCUT2D eigenvalue weighted by molar-refractivity contribution is 0.122. The molecule has 2 N–H and O–H groups in total. The van der Waals surface area contributed by atoms with Crippen LogP contribution in [-0.4, -0.2) is 54.6 Å². The van der Waals surface area contributed by atoms with Crippen molar-refractivity contribution in [3.05, 3.63) is 58.6 Å². The number of hydrogen-bond acceptors (Lipinski definition) is 9. The molecule has 1 aromatic heterocycles. The molecule has 0 amide bonds. The lowest BCUT2D eigenvalue weighted by Crippen LogP contribution is -2.37. The van der Waals surface area contributed by atoms with Crippen molar-refractivity contribution in [3.8, 4) is 5.75 Å². The smallest absolute Gasteiger partial charge is 0.250 e. The summed E-state index contributed by atoms with van der Waals surface area (Å²) in [6, 6.07) is 13.3. The van der Waals surface area contributed by atoms with Crippen LogP contribution < -0.4 is 20.4 Å². The fourth-order valence-electron chi connectivity index (χ4n) is 3.03. The van der Waals surface area contributed by atoms with Crippen LogP contribution in [0.4, 0.5) is 23.5 Å². The molecule has 0 bridgehead atoms. The standard InChI is InChI=1S/C22H24ClN7O2/c1-15-3-6-17(13-19(15)23)25-20-26-21(28-22(27-20)30-9-11-32-12-10-30)29-24-14-16-4-7-18(31-2)8-5-16/h3-8,13-14H,9-12H2,1-2H3,(H2,25,26,27,28,29)/b24-14+. The topological polar surface area (TPSA) is 96.8 Å². The molecule has 1 aliphatic rings. The van der Waals surface area contributed by atoms with Gasteiger partial charge in [-0.15, -0.1) is 0 Å². The molecule has 166 valence electrons. The Balaban J connectivity index is 1.55. The predicted octanol–water partition coefficient (Wildman–Crippen LogP) is 3.87. The average molecular weight is 454 g/mol. The van der Waals surface area contributed by atoms with Crippen LogP contribution >= 0.6 is 11.6 Å². The third-order valence-electron chi connectivity index (χ3n) is 4.84. The van der Waals surface area contributed by atoms with Gasteiger partial charge in [0.15, 0.2) is 0 Å². The monoisotopic (exact) mass is 453 g/mol. The molecule has 1 fully saturated rings. The van der Waals surface area contributed by atoms with Gasteiger partial charge in [-0.3, -0.25) is 0 Å². The fourth-order valence-corrected chi connectivity index (χ4v) is 3.21. The van der Waals surface area contributed by atoms with E-state index in [0.717, 1.165) is 22.6 Å². The molecule has 3 aromatic rings. The minimum absolute atomic E-state index is 0.326. The number of aryl methyl sites for hydroxylation is 1. The highest BCUT2D eigenvalue weighted by Gasteiger charge is 2.17. The maximum Gasteiger partial charge on any atom is 0.250 e. The Hall–Kier alpha value is -3.43. The number of nitrogens with zero attached hydrogens (tertiary/aromatic N) is 5. The van der Waals surface area contributed by atoms with E-state index in [0.29, 0.717) is 49.2 Å². The molecule has 9 nitrogen and oxygen atoms in total. The molecule has 2 heterocycles. The fraction of sp³-hybridized carbons (Fsp3) is 0.273. The summed E-state index contributed by atoms with van der Waals surface area (Å²) in [5.41, 5.74) is 5.59. The molecule has 1 saturated heterocycles. The van der Waals surface area contributed by atoms with Gasteiger partial charge in [0.1, 0.15) is 5.75 Å². The predicted molar refractivity (Wildman–Crippen MR) is 127 cm³/mol. The Morgan fingerprint density at radius 2 is 1.81 bits per heavy atom. The first-order valence-corrected chi connectivity index (χ1v) is 10.5. The number of halogens is 1. The summed E-state index contributed by atoms with van der Waals surface area (Å²) >= 11 is 6.26. The number of hydrazone groups is 1. The average Bonchev–Trinajstić information content (AvgIpc) is 2.82. The first-order chi connectivity index (χ1) is 15.6. The molecule has 0 saturated carbocycles. The van der Waals surface area contributed by atoms with Gasteiger partial charge in [0.05, 0.1) is 26.5 Å². The molecule has 2 aromatic carbocycles. The van der Waals surface area contributed by atoms with Crippen molar-refractivity contribution in [1.82, 2.24) is 15.0 Å². The first kappa shape index (κ1) is 21.8. The van der Waals surface area contributed by atoms with Gasteiger partial charge in [-0.1, -0.05) is 17.7 Å². The van der Waals surface area contributed by atoms with Crippen LogP contribution in [0.15, 0.2) is 47.6 Å². The van der Waals surface area contributed by atoms with Gasteiger partial charge >= 0.3 is 0 Å². The molecule has 4 rings (SSSR count). The Morgan fingerprint density at radius 1 is 1.06 bits per heavy atom. The van der Waals surface area contributed by atoms with Crippen molar-refractivity contribution in [3.63, 3.8) is 0 Å². The second-order valence-electron chi connectivity index (χ2n) is 7.11. The van der Waals surface area contributed by atoms with Crippen molar-refractivity contribution < 1.29 is 9.47 Å². The van der Waals surface area contributed by atoms with Crippen LogP contribution in [0.3, 0.4) is 0 Å². The number of ether oxygens (including phenoxy) is 2. The number of benzene rings is 2. The number of morpholine rings is 1. The molecular formula is C22H24ClN7O2. The van der Waals surface area contributed by atoms with E-state index in [1.807, 2.05) is 49.4 Å². The Morgan fingerprint density at radius 3 is 2.53 bits per heavy atom. The highest BCUT2D eigenvalue weighted by atomic mass is 35.5. The van der Waals surface area contributed by atoms with Gasteiger partial charge in [-0.05, 0) is 54.4 Å². The van der Waals surface area contributed by atoms with E-state index in [1.165, 1.54) is 0 Å². The maximum atomic E-state index is 6.26. The molecule has 0 aliphatic carbocycles. The van der Waals surface area contributed by atoms with Crippen molar-refractivity contribution in [2.45, 2.75) is 6.92 Å². The van der Waals surface area contributed by atoms with Gasteiger partial charge in [0, 0.05) is 23.8 Å². The highest BCUT2D eigenvalue weighted by molar-refractivity contribution is 6.31. The van der Waals surface area contributed by atoms with E-state index >= 15 is 0 Å². The van der Waals surface area contributed by atoms with Crippen molar-refractivity contribution in [2.24, 2.45) is 5.10 Å². The second-order valence-corrected chi connectivity index (χ2v) is 7.52. The summed E-state index contributed by atoms with van der Waals surface area (Å²) < 4.78 is 10.6. The summed E-state index contributed by atoms with van der Waals surface area (Å²) in [6.45, 7) is 4.61. The molecular weight excluding hydrogens is 430 g/mol. The molecule has 10 heteroatoms. The molecule has 0 spiro atoms. The zero-order valence-corrected chi connectivity index (χ0v) is 18.6. The van der Waals surface area contributed by atoms with E-state index in [2.05, 4.69) is 35.7 Å². The van der Waals surface area contributed by atoms with E-state index in [4.69, 9.17) is 21.1 Å². The summed E-state index contributed by atoms with van der Waals surface area (Å²) in [5, 5.41) is 8.14. The Labute approximate surface area is 191 Å². The van der Waals surface area contributed by atoms with E-state index in [-0.39, 0.29) is 0 Å². The van der Waals surface area contributed by atoms with Gasteiger partial charge in [0.25, 0.3) is 0 Å². The Kier molecular flexibility index (Phi) is 6.98.